The van der Waals surface area contributed by atoms with E-state index in [2.05, 4.69) is 6.07 Å². The number of nitrogens with zero attached hydrogens (tertiary/aromatic N) is 1. The molecule has 1 aromatic heterocycles. The zero-order chi connectivity index (χ0) is 6.53. The highest BCUT2D eigenvalue weighted by Gasteiger charge is 1.89. The number of rotatable bonds is 2. The molecule has 0 aromatic carbocycles. The lowest BCUT2D eigenvalue weighted by Crippen LogP contribution is -1.66. The predicted molar refractivity (Wildman–Crippen MR) is 40.7 cm³/mol. The molecule has 0 N–H and O–H groups in total. The smallest absolute Gasteiger partial charge is 0.0855 e. The van der Waals surface area contributed by atoms with Crippen LogP contribution in [0, 0.1) is 11.3 Å². The maximum absolute atomic E-state index is 8.20. The summed E-state index contributed by atoms with van der Waals surface area (Å²) >= 11 is 3.24. The Morgan fingerprint density at radius 2 is 2.67 bits per heavy atom. The van der Waals surface area contributed by atoms with Crippen LogP contribution in [0.1, 0.15) is 0 Å². The average molecular weight is 155 g/mol. The normalized spacial score (nSPS) is 8.78. The molecule has 0 bridgehead atoms. The van der Waals surface area contributed by atoms with E-state index in [1.807, 2.05) is 16.8 Å². The van der Waals surface area contributed by atoms with E-state index in [9.17, 15) is 0 Å². The fraction of sp³-hybridized carbons (Fsp3) is 0.167. The van der Waals surface area contributed by atoms with Crippen molar-refractivity contribution < 1.29 is 0 Å². The second-order valence-corrected chi connectivity index (χ2v) is 3.23. The van der Waals surface area contributed by atoms with Gasteiger partial charge in [0.1, 0.15) is 0 Å². The average Bonchev–Trinajstić information content (AvgIpc) is 2.34. The zero-order valence-electron chi connectivity index (χ0n) is 4.70. The van der Waals surface area contributed by atoms with Crippen molar-refractivity contribution in [2.24, 2.45) is 0 Å². The molecule has 1 rings (SSSR count). The van der Waals surface area contributed by atoms with Gasteiger partial charge in [0.2, 0.25) is 0 Å². The lowest BCUT2D eigenvalue weighted by Gasteiger charge is -1.84. The molecule has 9 heavy (non-hydrogen) atoms. The Morgan fingerprint density at radius 1 is 1.78 bits per heavy atom. The molecule has 0 unspecified atom stereocenters. The molecule has 46 valence electrons. The van der Waals surface area contributed by atoms with Crippen molar-refractivity contribution in [3.8, 4) is 6.07 Å². The van der Waals surface area contributed by atoms with Gasteiger partial charge in [-0.3, -0.25) is 0 Å². The van der Waals surface area contributed by atoms with E-state index >= 15 is 0 Å². The van der Waals surface area contributed by atoms with Gasteiger partial charge in [-0.1, -0.05) is 0 Å². The largest absolute Gasteiger partial charge is 0.197 e. The van der Waals surface area contributed by atoms with Gasteiger partial charge in [0.15, 0.2) is 0 Å². The van der Waals surface area contributed by atoms with Crippen molar-refractivity contribution in [2.45, 2.75) is 4.90 Å². The van der Waals surface area contributed by atoms with Crippen molar-refractivity contribution >= 4 is 23.1 Å². The minimum atomic E-state index is 0.552. The van der Waals surface area contributed by atoms with Crippen LogP contribution in [-0.2, 0) is 0 Å². The van der Waals surface area contributed by atoms with E-state index < -0.39 is 0 Å². The minimum Gasteiger partial charge on any atom is -0.197 e. The van der Waals surface area contributed by atoms with Crippen LogP contribution in [-0.4, -0.2) is 5.75 Å². The van der Waals surface area contributed by atoms with Gasteiger partial charge < -0.3 is 0 Å². The fourth-order valence-corrected chi connectivity index (χ4v) is 1.89. The summed E-state index contributed by atoms with van der Waals surface area (Å²) in [5.74, 6) is 0.552. The van der Waals surface area contributed by atoms with Crippen LogP contribution in [0.3, 0.4) is 0 Å². The number of hydrogen-bond acceptors (Lipinski definition) is 3. The Bertz CT molecular complexity index is 197. The van der Waals surface area contributed by atoms with Gasteiger partial charge in [0.05, 0.1) is 11.8 Å². The monoisotopic (exact) mass is 155 g/mol. The molecule has 0 amide bonds. The summed E-state index contributed by atoms with van der Waals surface area (Å²) in [6, 6.07) is 4.09. The van der Waals surface area contributed by atoms with Crippen molar-refractivity contribution in [3.63, 3.8) is 0 Å². The molecule has 1 heterocycles. The van der Waals surface area contributed by atoms with Crippen LogP contribution < -0.4 is 0 Å². The number of hydrogen-bond donors (Lipinski definition) is 0. The number of nitriles is 1. The van der Waals surface area contributed by atoms with Crippen LogP contribution in [0.2, 0.25) is 0 Å². The van der Waals surface area contributed by atoms with E-state index in [1.54, 1.807) is 23.1 Å². The lowest BCUT2D eigenvalue weighted by molar-refractivity contribution is 1.49. The highest BCUT2D eigenvalue weighted by atomic mass is 32.2. The highest BCUT2D eigenvalue weighted by Crippen LogP contribution is 2.19. The summed E-state index contributed by atoms with van der Waals surface area (Å²) in [4.78, 5) is 1.20. The zero-order valence-corrected chi connectivity index (χ0v) is 6.34. The number of thiophene rings is 1. The van der Waals surface area contributed by atoms with Crippen molar-refractivity contribution in [3.05, 3.63) is 16.8 Å². The van der Waals surface area contributed by atoms with Gasteiger partial charge in [0.25, 0.3) is 0 Å². The van der Waals surface area contributed by atoms with Gasteiger partial charge in [0, 0.05) is 10.3 Å². The first-order chi connectivity index (χ1) is 4.43. The van der Waals surface area contributed by atoms with Gasteiger partial charge in [-0.2, -0.15) is 16.6 Å². The molecule has 0 aliphatic carbocycles. The standard InChI is InChI=1S/C6H5NS2/c7-2-4-9-6-1-3-8-5-6/h1,3,5H,4H2. The molecule has 1 aromatic rings. The Labute approximate surface area is 62.3 Å². The first kappa shape index (κ1) is 6.66. The molecule has 0 aliphatic rings. The third-order valence-corrected chi connectivity index (χ3v) is 2.49. The minimum absolute atomic E-state index is 0.552. The second kappa shape index (κ2) is 3.54. The van der Waals surface area contributed by atoms with E-state index in [-0.39, 0.29) is 0 Å². The molecule has 1 nitrogen and oxygen atoms in total. The van der Waals surface area contributed by atoms with Crippen LogP contribution in [0.15, 0.2) is 21.7 Å². The quantitative estimate of drug-likeness (QED) is 0.612. The highest BCUT2D eigenvalue weighted by molar-refractivity contribution is 7.99. The Morgan fingerprint density at radius 3 is 3.22 bits per heavy atom. The van der Waals surface area contributed by atoms with E-state index in [0.717, 1.165) is 0 Å². The van der Waals surface area contributed by atoms with Crippen LogP contribution in [0.4, 0.5) is 0 Å². The first-order valence-electron chi connectivity index (χ1n) is 2.45. The molecular weight excluding hydrogens is 150 g/mol. The van der Waals surface area contributed by atoms with E-state index in [0.29, 0.717) is 5.75 Å². The molecule has 0 fully saturated rings. The summed E-state index contributed by atoms with van der Waals surface area (Å²) in [7, 11) is 0. The SMILES string of the molecule is N#CCSc1ccsc1. The molecule has 0 spiro atoms. The second-order valence-electron chi connectivity index (χ2n) is 1.41. The number of thioether (sulfide) groups is 1. The third kappa shape index (κ3) is 2.08. The van der Waals surface area contributed by atoms with Crippen LogP contribution >= 0.6 is 23.1 Å². The Kier molecular flexibility index (Phi) is 2.62. The summed E-state index contributed by atoms with van der Waals surface area (Å²) in [5.41, 5.74) is 0. The van der Waals surface area contributed by atoms with Gasteiger partial charge in [-0.05, 0) is 11.4 Å². The molecule has 3 heteroatoms. The van der Waals surface area contributed by atoms with Crippen LogP contribution in [0.25, 0.3) is 0 Å². The maximum atomic E-state index is 8.20. The molecule has 0 radical (unpaired) electrons. The molecule has 0 atom stereocenters. The summed E-state index contributed by atoms with van der Waals surface area (Å²) in [6.45, 7) is 0. The molecular formula is C6H5NS2. The topological polar surface area (TPSA) is 23.8 Å². The van der Waals surface area contributed by atoms with Crippen LogP contribution in [0.5, 0.6) is 0 Å². The lowest BCUT2D eigenvalue weighted by atomic mass is 10.7. The molecule has 0 aliphatic heterocycles. The van der Waals surface area contributed by atoms with Crippen molar-refractivity contribution in [1.29, 1.82) is 5.26 Å². The van der Waals surface area contributed by atoms with Gasteiger partial charge in [-0.15, -0.1) is 11.8 Å². The summed E-state index contributed by atoms with van der Waals surface area (Å²) in [6.07, 6.45) is 0. The Balaban J connectivity index is 2.41. The Hall–Kier alpha value is -0.460. The fourth-order valence-electron chi connectivity index (χ4n) is 0.450. The first-order valence-corrected chi connectivity index (χ1v) is 4.38. The van der Waals surface area contributed by atoms with Gasteiger partial charge >= 0.3 is 0 Å². The summed E-state index contributed by atoms with van der Waals surface area (Å²) in [5, 5.41) is 12.3. The third-order valence-electron chi connectivity index (χ3n) is 0.798. The predicted octanol–water partition coefficient (Wildman–Crippen LogP) is 2.36. The van der Waals surface area contributed by atoms with E-state index in [4.69, 9.17) is 5.26 Å². The summed E-state index contributed by atoms with van der Waals surface area (Å²) < 4.78 is 0. The van der Waals surface area contributed by atoms with Gasteiger partial charge in [-0.25, -0.2) is 0 Å². The molecule has 0 saturated carbocycles. The molecule has 0 saturated heterocycles. The maximum Gasteiger partial charge on any atom is 0.0855 e. The van der Waals surface area contributed by atoms with Crippen molar-refractivity contribution in [2.75, 3.05) is 5.75 Å². The van der Waals surface area contributed by atoms with E-state index in [1.165, 1.54) is 4.90 Å². The van der Waals surface area contributed by atoms with Crippen molar-refractivity contribution in [1.82, 2.24) is 0 Å².